The minimum absolute atomic E-state index is 0.571. The zero-order valence-corrected chi connectivity index (χ0v) is 8.58. The summed E-state index contributed by atoms with van der Waals surface area (Å²) >= 11 is 0. The lowest BCUT2D eigenvalue weighted by Gasteiger charge is -2.31. The monoisotopic (exact) mass is 178 g/mol. The molecule has 0 aromatic heterocycles. The van der Waals surface area contributed by atoms with E-state index >= 15 is 0 Å². The Hall–Kier alpha value is -0.660. The van der Waals surface area contributed by atoms with Crippen molar-refractivity contribution in [3.63, 3.8) is 0 Å². The summed E-state index contributed by atoms with van der Waals surface area (Å²) in [6, 6.07) is 0.571. The van der Waals surface area contributed by atoms with E-state index in [1.54, 1.807) is 0 Å². The maximum Gasteiger partial charge on any atom is 0.123 e. The van der Waals surface area contributed by atoms with Gasteiger partial charge in [0.1, 0.15) is 5.84 Å². The molecule has 0 bridgehead atoms. The highest BCUT2D eigenvalue weighted by molar-refractivity contribution is 6.00. The fourth-order valence-electron chi connectivity index (χ4n) is 2.43. The minimum atomic E-state index is 0.571. The van der Waals surface area contributed by atoms with Gasteiger partial charge < -0.3 is 0 Å². The molecule has 1 aliphatic carbocycles. The van der Waals surface area contributed by atoms with Crippen molar-refractivity contribution in [2.75, 3.05) is 0 Å². The van der Waals surface area contributed by atoms with E-state index in [1.165, 1.54) is 31.4 Å². The molecule has 1 saturated carbocycles. The molecule has 2 atom stereocenters. The van der Waals surface area contributed by atoms with Crippen LogP contribution in [0.2, 0.25) is 0 Å². The average molecular weight is 178 g/mol. The molecule has 0 N–H and O–H groups in total. The quantitative estimate of drug-likeness (QED) is 0.590. The lowest BCUT2D eigenvalue weighted by atomic mass is 9.81. The van der Waals surface area contributed by atoms with Crippen molar-refractivity contribution in [2.24, 2.45) is 15.9 Å². The second kappa shape index (κ2) is 3.60. The van der Waals surface area contributed by atoms with Gasteiger partial charge in [-0.2, -0.15) is 0 Å². The SMILES string of the molecule is CCC1=NC2CCCCC2C(C)=N1. The molecule has 0 aromatic rings. The van der Waals surface area contributed by atoms with Gasteiger partial charge in [0.25, 0.3) is 0 Å². The number of fused-ring (bicyclic) bond motifs is 1. The fraction of sp³-hybridized carbons (Fsp3) is 0.818. The third-order valence-corrected chi connectivity index (χ3v) is 3.20. The molecule has 1 heterocycles. The molecule has 0 amide bonds. The van der Waals surface area contributed by atoms with E-state index in [4.69, 9.17) is 4.99 Å². The third kappa shape index (κ3) is 1.67. The van der Waals surface area contributed by atoms with Crippen LogP contribution in [-0.2, 0) is 0 Å². The van der Waals surface area contributed by atoms with Crippen LogP contribution in [0.15, 0.2) is 9.98 Å². The van der Waals surface area contributed by atoms with E-state index in [0.717, 1.165) is 12.3 Å². The highest BCUT2D eigenvalue weighted by Gasteiger charge is 2.29. The average Bonchev–Trinajstić information content (AvgIpc) is 2.18. The molecule has 2 rings (SSSR count). The van der Waals surface area contributed by atoms with Gasteiger partial charge in [-0.3, -0.25) is 4.99 Å². The number of hydrogen-bond donors (Lipinski definition) is 0. The minimum Gasteiger partial charge on any atom is -0.266 e. The molecule has 0 radical (unpaired) electrons. The van der Waals surface area contributed by atoms with Gasteiger partial charge in [-0.1, -0.05) is 19.8 Å². The van der Waals surface area contributed by atoms with Crippen molar-refractivity contribution in [3.8, 4) is 0 Å². The maximum absolute atomic E-state index is 4.70. The van der Waals surface area contributed by atoms with Crippen LogP contribution < -0.4 is 0 Å². The molecule has 72 valence electrons. The van der Waals surface area contributed by atoms with E-state index in [2.05, 4.69) is 18.8 Å². The Bertz CT molecular complexity index is 253. The Morgan fingerprint density at radius 1 is 1.31 bits per heavy atom. The van der Waals surface area contributed by atoms with Crippen LogP contribution in [0.3, 0.4) is 0 Å². The van der Waals surface area contributed by atoms with Gasteiger partial charge in [0.2, 0.25) is 0 Å². The third-order valence-electron chi connectivity index (χ3n) is 3.20. The summed E-state index contributed by atoms with van der Waals surface area (Å²) in [6.45, 7) is 4.31. The van der Waals surface area contributed by atoms with Gasteiger partial charge in [0, 0.05) is 18.1 Å². The van der Waals surface area contributed by atoms with Gasteiger partial charge in [-0.05, 0) is 19.8 Å². The summed E-state index contributed by atoms with van der Waals surface area (Å²) in [5.41, 5.74) is 1.33. The molecule has 0 saturated heterocycles. The molecule has 2 nitrogen and oxygen atoms in total. The Balaban J connectivity index is 2.19. The predicted molar refractivity (Wildman–Crippen MR) is 56.6 cm³/mol. The van der Waals surface area contributed by atoms with E-state index in [0.29, 0.717) is 12.0 Å². The molecule has 2 aliphatic rings. The Kier molecular flexibility index (Phi) is 2.47. The zero-order chi connectivity index (χ0) is 9.26. The van der Waals surface area contributed by atoms with Crippen molar-refractivity contribution >= 4 is 11.5 Å². The van der Waals surface area contributed by atoms with Gasteiger partial charge in [-0.15, -0.1) is 0 Å². The van der Waals surface area contributed by atoms with Crippen molar-refractivity contribution in [2.45, 2.75) is 52.0 Å². The molecule has 1 aliphatic heterocycles. The van der Waals surface area contributed by atoms with Gasteiger partial charge in [0.15, 0.2) is 0 Å². The molecule has 0 aromatic carbocycles. The van der Waals surface area contributed by atoms with Crippen molar-refractivity contribution < 1.29 is 0 Å². The number of nitrogens with zero attached hydrogens (tertiary/aromatic N) is 2. The Morgan fingerprint density at radius 2 is 2.08 bits per heavy atom. The molecular formula is C11H18N2. The maximum atomic E-state index is 4.70. The summed E-state index contributed by atoms with van der Waals surface area (Å²) in [5, 5.41) is 0. The first-order chi connectivity index (χ1) is 6.31. The van der Waals surface area contributed by atoms with Crippen molar-refractivity contribution in [1.82, 2.24) is 0 Å². The highest BCUT2D eigenvalue weighted by Crippen LogP contribution is 2.30. The second-order valence-corrected chi connectivity index (χ2v) is 4.11. The molecular weight excluding hydrogens is 160 g/mol. The van der Waals surface area contributed by atoms with Gasteiger partial charge in [-0.25, -0.2) is 4.99 Å². The van der Waals surface area contributed by atoms with Crippen molar-refractivity contribution in [3.05, 3.63) is 0 Å². The van der Waals surface area contributed by atoms with E-state index in [9.17, 15) is 0 Å². The molecule has 13 heavy (non-hydrogen) atoms. The number of amidine groups is 1. The summed E-state index contributed by atoms with van der Waals surface area (Å²) in [6.07, 6.45) is 6.29. The van der Waals surface area contributed by atoms with E-state index in [1.807, 2.05) is 0 Å². The van der Waals surface area contributed by atoms with Crippen LogP contribution in [0.25, 0.3) is 0 Å². The standard InChI is InChI=1S/C11H18N2/c1-3-11-12-8(2)9-6-4-5-7-10(9)13-11/h9-10H,3-7H2,1-2H3. The molecule has 0 spiro atoms. The van der Waals surface area contributed by atoms with Crippen LogP contribution in [-0.4, -0.2) is 17.6 Å². The summed E-state index contributed by atoms with van der Waals surface area (Å²) < 4.78 is 0. The lowest BCUT2D eigenvalue weighted by Crippen LogP contribution is -2.33. The van der Waals surface area contributed by atoms with E-state index < -0.39 is 0 Å². The van der Waals surface area contributed by atoms with E-state index in [-0.39, 0.29) is 0 Å². The van der Waals surface area contributed by atoms with Crippen LogP contribution in [0, 0.1) is 5.92 Å². The second-order valence-electron chi connectivity index (χ2n) is 4.11. The number of rotatable bonds is 1. The summed E-state index contributed by atoms with van der Waals surface area (Å²) in [5.74, 6) is 1.74. The first kappa shape index (κ1) is 8.92. The number of aliphatic imine (C=N–C) groups is 2. The van der Waals surface area contributed by atoms with Crippen LogP contribution >= 0.6 is 0 Å². The molecule has 2 unspecified atom stereocenters. The Labute approximate surface area is 80.2 Å². The summed E-state index contributed by atoms with van der Waals surface area (Å²) in [7, 11) is 0. The fourth-order valence-corrected chi connectivity index (χ4v) is 2.43. The lowest BCUT2D eigenvalue weighted by molar-refractivity contribution is 0.377. The van der Waals surface area contributed by atoms with Crippen LogP contribution in [0.5, 0.6) is 0 Å². The zero-order valence-electron chi connectivity index (χ0n) is 8.58. The topological polar surface area (TPSA) is 24.7 Å². The largest absolute Gasteiger partial charge is 0.266 e. The first-order valence-electron chi connectivity index (χ1n) is 5.43. The van der Waals surface area contributed by atoms with Crippen LogP contribution in [0.1, 0.15) is 46.0 Å². The van der Waals surface area contributed by atoms with Crippen molar-refractivity contribution in [1.29, 1.82) is 0 Å². The summed E-state index contributed by atoms with van der Waals surface area (Å²) in [4.78, 5) is 9.25. The smallest absolute Gasteiger partial charge is 0.123 e. The number of hydrogen-bond acceptors (Lipinski definition) is 2. The molecule has 2 heteroatoms. The van der Waals surface area contributed by atoms with Gasteiger partial charge >= 0.3 is 0 Å². The first-order valence-corrected chi connectivity index (χ1v) is 5.43. The Morgan fingerprint density at radius 3 is 2.85 bits per heavy atom. The predicted octanol–water partition coefficient (Wildman–Crippen LogP) is 2.83. The van der Waals surface area contributed by atoms with Gasteiger partial charge in [0.05, 0.1) is 6.04 Å². The van der Waals surface area contributed by atoms with Crippen LogP contribution in [0.4, 0.5) is 0 Å². The highest BCUT2D eigenvalue weighted by atomic mass is 15.0. The normalized spacial score (nSPS) is 33.4. The molecule has 1 fully saturated rings.